The molecule has 0 aliphatic carbocycles. The van der Waals surface area contributed by atoms with E-state index in [0.29, 0.717) is 17.7 Å². The highest BCUT2D eigenvalue weighted by molar-refractivity contribution is 7.89. The number of benzene rings is 2. The largest absolute Gasteiger partial charge is 0.497 e. The van der Waals surface area contributed by atoms with Crippen LogP contribution in [0.1, 0.15) is 23.6 Å². The van der Waals surface area contributed by atoms with E-state index in [1.54, 1.807) is 32.2 Å². The van der Waals surface area contributed by atoms with Crippen molar-refractivity contribution in [3.8, 4) is 5.75 Å². The number of hydrogen-bond donors (Lipinski definition) is 1. The normalized spacial score (nSPS) is 21.8. The van der Waals surface area contributed by atoms with Gasteiger partial charge in [-0.2, -0.15) is 4.31 Å². The van der Waals surface area contributed by atoms with E-state index in [1.807, 2.05) is 30.3 Å². The summed E-state index contributed by atoms with van der Waals surface area (Å²) in [5.74, 6) is 0.669. The van der Waals surface area contributed by atoms with Crippen molar-refractivity contribution in [3.05, 3.63) is 59.7 Å². The van der Waals surface area contributed by atoms with Crippen molar-refractivity contribution in [1.82, 2.24) is 4.31 Å². The fourth-order valence-corrected chi connectivity index (χ4v) is 5.06. The minimum absolute atomic E-state index is 0.0958. The summed E-state index contributed by atoms with van der Waals surface area (Å²) >= 11 is 0. The van der Waals surface area contributed by atoms with Crippen LogP contribution in [0.4, 0.5) is 0 Å². The molecule has 0 amide bonds. The minimum atomic E-state index is -3.69. The highest BCUT2D eigenvalue weighted by atomic mass is 32.2. The van der Waals surface area contributed by atoms with Crippen LogP contribution in [0.3, 0.4) is 0 Å². The van der Waals surface area contributed by atoms with E-state index in [0.717, 1.165) is 5.56 Å². The topological polar surface area (TPSA) is 66.8 Å². The summed E-state index contributed by atoms with van der Waals surface area (Å²) < 4.78 is 32.9. The zero-order chi connectivity index (χ0) is 17.3. The van der Waals surface area contributed by atoms with Crippen LogP contribution in [0.15, 0.2) is 53.4 Å². The lowest BCUT2D eigenvalue weighted by molar-refractivity contribution is 0.188. The van der Waals surface area contributed by atoms with Gasteiger partial charge in [-0.25, -0.2) is 8.42 Å². The fraction of sp³-hybridized carbons (Fsp3) is 0.333. The van der Waals surface area contributed by atoms with Crippen molar-refractivity contribution in [2.75, 3.05) is 13.7 Å². The van der Waals surface area contributed by atoms with Gasteiger partial charge in [0.05, 0.1) is 24.2 Å². The average molecular weight is 347 g/mol. The maximum Gasteiger partial charge on any atom is 0.243 e. The highest BCUT2D eigenvalue weighted by Crippen LogP contribution is 2.38. The molecule has 2 atom stereocenters. The highest BCUT2D eigenvalue weighted by Gasteiger charge is 2.40. The Balaban J connectivity index is 2.03. The van der Waals surface area contributed by atoms with Gasteiger partial charge in [0, 0.05) is 6.54 Å². The molecule has 2 aromatic carbocycles. The van der Waals surface area contributed by atoms with Gasteiger partial charge in [-0.15, -0.1) is 0 Å². The number of hydrogen-bond acceptors (Lipinski definition) is 4. The predicted octanol–water partition coefficient (Wildman–Crippen LogP) is 2.50. The number of ether oxygens (including phenoxy) is 1. The van der Waals surface area contributed by atoms with Crippen LogP contribution >= 0.6 is 0 Å². The standard InChI is InChI=1S/C18H21NO4S/c1-13-6-3-4-9-18(13)24(21,22)19-12-15(20)11-17(19)14-7-5-8-16(10-14)23-2/h3-10,15,17,20H,11-12H2,1-2H3/t15-,17-/m1/s1. The van der Waals surface area contributed by atoms with Crippen LogP contribution in [0.5, 0.6) is 5.75 Å². The van der Waals surface area contributed by atoms with Gasteiger partial charge in [0.2, 0.25) is 10.0 Å². The first-order chi connectivity index (χ1) is 11.4. The number of nitrogens with zero attached hydrogens (tertiary/aromatic N) is 1. The first-order valence-electron chi connectivity index (χ1n) is 7.83. The molecule has 0 saturated carbocycles. The second kappa shape index (κ2) is 6.55. The Bertz CT molecular complexity index is 834. The molecular formula is C18H21NO4S. The number of aliphatic hydroxyl groups excluding tert-OH is 1. The van der Waals surface area contributed by atoms with E-state index in [4.69, 9.17) is 4.74 Å². The molecule has 1 N–H and O–H groups in total. The molecule has 3 rings (SSSR count). The fourth-order valence-electron chi connectivity index (χ4n) is 3.17. The molecule has 0 radical (unpaired) electrons. The maximum atomic E-state index is 13.1. The number of sulfonamides is 1. The van der Waals surface area contributed by atoms with Crippen molar-refractivity contribution >= 4 is 10.0 Å². The SMILES string of the molecule is COc1cccc([C@H]2C[C@@H](O)CN2S(=O)(=O)c2ccccc2C)c1. The van der Waals surface area contributed by atoms with Crippen LogP contribution in [0.2, 0.25) is 0 Å². The van der Waals surface area contributed by atoms with Gasteiger partial charge >= 0.3 is 0 Å². The Kier molecular flexibility index (Phi) is 4.62. The molecule has 0 unspecified atom stereocenters. The number of aryl methyl sites for hydroxylation is 1. The average Bonchev–Trinajstić information content (AvgIpc) is 2.98. The molecule has 1 aliphatic rings. The summed E-state index contributed by atoms with van der Waals surface area (Å²) in [5, 5.41) is 10.1. The van der Waals surface area contributed by atoms with Gasteiger partial charge in [0.15, 0.2) is 0 Å². The summed E-state index contributed by atoms with van der Waals surface area (Å²) in [6, 6.07) is 13.8. The van der Waals surface area contributed by atoms with Crippen molar-refractivity contribution in [2.45, 2.75) is 30.4 Å². The Labute approximate surface area is 142 Å². The van der Waals surface area contributed by atoms with Crippen LogP contribution in [-0.4, -0.2) is 37.6 Å². The molecule has 5 nitrogen and oxygen atoms in total. The first-order valence-corrected chi connectivity index (χ1v) is 9.27. The van der Waals surface area contributed by atoms with E-state index in [1.165, 1.54) is 4.31 Å². The number of aliphatic hydroxyl groups is 1. The zero-order valence-electron chi connectivity index (χ0n) is 13.7. The van der Waals surface area contributed by atoms with Crippen molar-refractivity contribution in [2.24, 2.45) is 0 Å². The molecule has 1 aliphatic heterocycles. The quantitative estimate of drug-likeness (QED) is 0.923. The van der Waals surface area contributed by atoms with Crippen LogP contribution in [0, 0.1) is 6.92 Å². The van der Waals surface area contributed by atoms with Gasteiger partial charge in [-0.3, -0.25) is 0 Å². The van der Waals surface area contributed by atoms with Crippen molar-refractivity contribution in [3.63, 3.8) is 0 Å². The first kappa shape index (κ1) is 17.0. The number of β-amino-alcohol motifs (C(OH)–C–C–N with tert-alkyl or cyclic N) is 1. The van der Waals surface area contributed by atoms with Crippen LogP contribution < -0.4 is 4.74 Å². The lowest BCUT2D eigenvalue weighted by atomic mass is 10.0. The predicted molar refractivity (Wildman–Crippen MR) is 91.4 cm³/mol. The minimum Gasteiger partial charge on any atom is -0.497 e. The van der Waals surface area contributed by atoms with Gasteiger partial charge in [-0.1, -0.05) is 30.3 Å². The van der Waals surface area contributed by atoms with E-state index in [9.17, 15) is 13.5 Å². The molecule has 0 aromatic heterocycles. The zero-order valence-corrected chi connectivity index (χ0v) is 14.5. The van der Waals surface area contributed by atoms with Crippen molar-refractivity contribution < 1.29 is 18.3 Å². The Hall–Kier alpha value is -1.89. The van der Waals surface area contributed by atoms with Gasteiger partial charge in [-0.05, 0) is 42.7 Å². The van der Waals surface area contributed by atoms with Crippen LogP contribution in [0.25, 0.3) is 0 Å². The Morgan fingerprint density at radius 1 is 1.17 bits per heavy atom. The lowest BCUT2D eigenvalue weighted by Gasteiger charge is -2.25. The lowest BCUT2D eigenvalue weighted by Crippen LogP contribution is -2.32. The third kappa shape index (κ3) is 3.05. The molecule has 1 heterocycles. The third-order valence-electron chi connectivity index (χ3n) is 4.39. The monoisotopic (exact) mass is 347 g/mol. The van der Waals surface area contributed by atoms with Gasteiger partial charge in [0.25, 0.3) is 0 Å². The van der Waals surface area contributed by atoms with Gasteiger partial charge < -0.3 is 9.84 Å². The molecule has 128 valence electrons. The molecular weight excluding hydrogens is 326 g/mol. The smallest absolute Gasteiger partial charge is 0.243 e. The molecule has 24 heavy (non-hydrogen) atoms. The number of rotatable bonds is 4. The van der Waals surface area contributed by atoms with E-state index in [2.05, 4.69) is 0 Å². The third-order valence-corrected chi connectivity index (χ3v) is 6.43. The van der Waals surface area contributed by atoms with E-state index < -0.39 is 22.2 Å². The molecule has 1 saturated heterocycles. The van der Waals surface area contributed by atoms with Crippen LogP contribution in [-0.2, 0) is 10.0 Å². The summed E-state index contributed by atoms with van der Waals surface area (Å²) in [6.45, 7) is 1.87. The number of methoxy groups -OCH3 is 1. The molecule has 2 aromatic rings. The summed E-state index contributed by atoms with van der Waals surface area (Å²) in [5.41, 5.74) is 1.52. The van der Waals surface area contributed by atoms with Crippen molar-refractivity contribution in [1.29, 1.82) is 0 Å². The van der Waals surface area contributed by atoms with Gasteiger partial charge in [0.1, 0.15) is 5.75 Å². The second-order valence-corrected chi connectivity index (χ2v) is 7.88. The Morgan fingerprint density at radius 3 is 2.62 bits per heavy atom. The summed E-state index contributed by atoms with van der Waals surface area (Å²) in [7, 11) is -2.11. The van der Waals surface area contributed by atoms with E-state index >= 15 is 0 Å². The second-order valence-electron chi connectivity index (χ2n) is 6.02. The summed E-state index contributed by atoms with van der Waals surface area (Å²) in [6.07, 6.45) is -0.307. The summed E-state index contributed by atoms with van der Waals surface area (Å²) in [4.78, 5) is 0.284. The molecule has 1 fully saturated rings. The molecule has 0 spiro atoms. The maximum absolute atomic E-state index is 13.1. The van der Waals surface area contributed by atoms with E-state index in [-0.39, 0.29) is 11.4 Å². The molecule has 6 heteroatoms. The Morgan fingerprint density at radius 2 is 1.92 bits per heavy atom. The molecule has 0 bridgehead atoms.